The van der Waals surface area contributed by atoms with Gasteiger partial charge in [0.15, 0.2) is 0 Å². The zero-order chi connectivity index (χ0) is 13.0. The first kappa shape index (κ1) is 13.3. The fourth-order valence-electron chi connectivity index (χ4n) is 1.98. The fraction of sp³-hybridized carbons (Fsp3) is 0.500. The third-order valence-corrected chi connectivity index (χ3v) is 3.60. The third-order valence-electron chi connectivity index (χ3n) is 2.98. The summed E-state index contributed by atoms with van der Waals surface area (Å²) in [6.45, 7) is 1.63. The van der Waals surface area contributed by atoms with E-state index in [9.17, 15) is 10.1 Å². The van der Waals surface area contributed by atoms with Gasteiger partial charge >= 0.3 is 0 Å². The molecule has 0 spiro atoms. The van der Waals surface area contributed by atoms with Crippen molar-refractivity contribution in [3.8, 4) is 5.75 Å². The molecule has 0 bridgehead atoms. The normalized spacial score (nSPS) is 19.5. The van der Waals surface area contributed by atoms with E-state index in [2.05, 4.69) is 21.2 Å². The van der Waals surface area contributed by atoms with Crippen molar-refractivity contribution in [2.45, 2.75) is 25.3 Å². The van der Waals surface area contributed by atoms with E-state index < -0.39 is 4.92 Å². The molecule has 0 aromatic heterocycles. The Balaban J connectivity index is 1.94. The predicted molar refractivity (Wildman–Crippen MR) is 71.9 cm³/mol. The van der Waals surface area contributed by atoms with E-state index in [0.717, 1.165) is 13.0 Å². The molecule has 0 aliphatic carbocycles. The number of hydrogen-bond acceptors (Lipinski definition) is 4. The number of benzene rings is 1. The van der Waals surface area contributed by atoms with Crippen molar-refractivity contribution in [2.24, 2.45) is 0 Å². The van der Waals surface area contributed by atoms with Gasteiger partial charge < -0.3 is 10.1 Å². The number of hydrogen-bond donors (Lipinski definition) is 1. The van der Waals surface area contributed by atoms with Gasteiger partial charge in [0.1, 0.15) is 12.4 Å². The minimum atomic E-state index is -0.419. The monoisotopic (exact) mass is 314 g/mol. The van der Waals surface area contributed by atoms with Crippen LogP contribution in [0.4, 0.5) is 5.69 Å². The zero-order valence-electron chi connectivity index (χ0n) is 9.89. The Morgan fingerprint density at radius 3 is 2.94 bits per heavy atom. The number of nitro benzene ring substituents is 1. The summed E-state index contributed by atoms with van der Waals surface area (Å²) in [7, 11) is 0. The summed E-state index contributed by atoms with van der Waals surface area (Å²) in [5.74, 6) is 0.646. The quantitative estimate of drug-likeness (QED) is 0.685. The van der Waals surface area contributed by atoms with Gasteiger partial charge in [0, 0.05) is 18.2 Å². The molecule has 1 aliphatic rings. The summed E-state index contributed by atoms with van der Waals surface area (Å²) >= 11 is 3.29. The first-order valence-electron chi connectivity index (χ1n) is 5.97. The molecule has 98 valence electrons. The molecule has 2 rings (SSSR count). The van der Waals surface area contributed by atoms with Gasteiger partial charge in [-0.25, -0.2) is 0 Å². The van der Waals surface area contributed by atoms with Gasteiger partial charge in [-0.15, -0.1) is 0 Å². The van der Waals surface area contributed by atoms with Crippen LogP contribution < -0.4 is 10.1 Å². The maximum absolute atomic E-state index is 10.6. The van der Waals surface area contributed by atoms with E-state index in [0.29, 0.717) is 22.9 Å². The topological polar surface area (TPSA) is 64.4 Å². The SMILES string of the molecule is O=[N+]([O-])c1ccc(OCC2CCCCN2)c(Br)c1. The smallest absolute Gasteiger partial charge is 0.270 e. The summed E-state index contributed by atoms with van der Waals surface area (Å²) in [5.41, 5.74) is 0.0602. The van der Waals surface area contributed by atoms with Gasteiger partial charge in [0.25, 0.3) is 5.69 Å². The lowest BCUT2D eigenvalue weighted by Gasteiger charge is -2.23. The lowest BCUT2D eigenvalue weighted by atomic mass is 10.1. The molecule has 1 aliphatic heterocycles. The van der Waals surface area contributed by atoms with Crippen LogP contribution in [0.2, 0.25) is 0 Å². The van der Waals surface area contributed by atoms with E-state index in [4.69, 9.17) is 4.74 Å². The van der Waals surface area contributed by atoms with Crippen LogP contribution in [-0.2, 0) is 0 Å². The number of ether oxygens (including phenoxy) is 1. The van der Waals surface area contributed by atoms with Crippen LogP contribution in [0.1, 0.15) is 19.3 Å². The Morgan fingerprint density at radius 1 is 1.50 bits per heavy atom. The number of piperidine rings is 1. The molecule has 6 heteroatoms. The number of nitro groups is 1. The molecule has 1 unspecified atom stereocenters. The summed E-state index contributed by atoms with van der Waals surface area (Å²) in [6, 6.07) is 4.92. The number of nitrogens with zero attached hydrogens (tertiary/aromatic N) is 1. The molecule has 5 nitrogen and oxygen atoms in total. The van der Waals surface area contributed by atoms with Crippen molar-refractivity contribution in [3.05, 3.63) is 32.8 Å². The lowest BCUT2D eigenvalue weighted by molar-refractivity contribution is -0.385. The fourth-order valence-corrected chi connectivity index (χ4v) is 2.46. The molecule has 1 heterocycles. The highest BCUT2D eigenvalue weighted by Crippen LogP contribution is 2.29. The van der Waals surface area contributed by atoms with Crippen molar-refractivity contribution in [1.82, 2.24) is 5.32 Å². The molecule has 1 aromatic carbocycles. The van der Waals surface area contributed by atoms with Gasteiger partial charge in [-0.3, -0.25) is 10.1 Å². The van der Waals surface area contributed by atoms with Gasteiger partial charge in [0.2, 0.25) is 0 Å². The standard InChI is InChI=1S/C12H15BrN2O3/c13-11-7-10(15(16)17)4-5-12(11)18-8-9-3-1-2-6-14-9/h4-5,7,9,14H,1-3,6,8H2. The molecular weight excluding hydrogens is 300 g/mol. The second-order valence-corrected chi connectivity index (χ2v) is 5.18. The van der Waals surface area contributed by atoms with Gasteiger partial charge in [-0.1, -0.05) is 6.42 Å². The molecule has 18 heavy (non-hydrogen) atoms. The number of nitrogens with one attached hydrogen (secondary N) is 1. The molecule has 0 saturated carbocycles. The molecule has 1 saturated heterocycles. The molecule has 1 N–H and O–H groups in total. The van der Waals surface area contributed by atoms with E-state index in [1.54, 1.807) is 6.07 Å². The van der Waals surface area contributed by atoms with E-state index >= 15 is 0 Å². The molecule has 0 radical (unpaired) electrons. The molecule has 0 amide bonds. The maximum Gasteiger partial charge on any atom is 0.270 e. The minimum absolute atomic E-state index is 0.0602. The van der Waals surface area contributed by atoms with Crippen molar-refractivity contribution >= 4 is 21.6 Å². The summed E-state index contributed by atoms with van der Waals surface area (Å²) in [4.78, 5) is 10.2. The average Bonchev–Trinajstić information content (AvgIpc) is 2.38. The minimum Gasteiger partial charge on any atom is -0.491 e. The van der Waals surface area contributed by atoms with Crippen LogP contribution in [0.5, 0.6) is 5.75 Å². The van der Waals surface area contributed by atoms with Crippen LogP contribution in [0.25, 0.3) is 0 Å². The predicted octanol–water partition coefficient (Wildman–Crippen LogP) is 2.88. The first-order chi connectivity index (χ1) is 8.66. The third kappa shape index (κ3) is 3.43. The highest BCUT2D eigenvalue weighted by Gasteiger charge is 2.15. The Hall–Kier alpha value is -1.14. The van der Waals surface area contributed by atoms with E-state index in [-0.39, 0.29) is 5.69 Å². The summed E-state index contributed by atoms with van der Waals surface area (Å²) < 4.78 is 6.30. The molecule has 1 atom stereocenters. The first-order valence-corrected chi connectivity index (χ1v) is 6.76. The number of rotatable bonds is 4. The number of non-ortho nitro benzene ring substituents is 1. The largest absolute Gasteiger partial charge is 0.491 e. The van der Waals surface area contributed by atoms with Crippen molar-refractivity contribution in [1.29, 1.82) is 0 Å². The Morgan fingerprint density at radius 2 is 2.33 bits per heavy atom. The maximum atomic E-state index is 10.6. The highest BCUT2D eigenvalue weighted by atomic mass is 79.9. The second-order valence-electron chi connectivity index (χ2n) is 4.33. The van der Waals surface area contributed by atoms with Crippen molar-refractivity contribution in [3.63, 3.8) is 0 Å². The van der Waals surface area contributed by atoms with Gasteiger partial charge in [0.05, 0.1) is 9.40 Å². The zero-order valence-corrected chi connectivity index (χ0v) is 11.5. The summed E-state index contributed by atoms with van der Waals surface area (Å²) in [6.07, 6.45) is 3.56. The molecule has 1 fully saturated rings. The van der Waals surface area contributed by atoms with Crippen molar-refractivity contribution in [2.75, 3.05) is 13.2 Å². The Kier molecular flexibility index (Phi) is 4.54. The van der Waals surface area contributed by atoms with E-state index in [1.165, 1.54) is 25.0 Å². The van der Waals surface area contributed by atoms with Crippen LogP contribution in [0, 0.1) is 10.1 Å². The Bertz CT molecular complexity index is 433. The van der Waals surface area contributed by atoms with Crippen LogP contribution in [-0.4, -0.2) is 24.1 Å². The lowest BCUT2D eigenvalue weighted by Crippen LogP contribution is -2.38. The van der Waals surface area contributed by atoms with E-state index in [1.807, 2.05) is 0 Å². The molecular formula is C12H15BrN2O3. The van der Waals surface area contributed by atoms with Gasteiger partial charge in [-0.2, -0.15) is 0 Å². The highest BCUT2D eigenvalue weighted by molar-refractivity contribution is 9.10. The second kappa shape index (κ2) is 6.15. The van der Waals surface area contributed by atoms with Gasteiger partial charge in [-0.05, 0) is 41.4 Å². The molecule has 1 aromatic rings. The number of halogens is 1. The average molecular weight is 315 g/mol. The summed E-state index contributed by atoms with van der Waals surface area (Å²) in [5, 5.41) is 14.0. The Labute approximate surface area is 114 Å². The van der Waals surface area contributed by atoms with Crippen molar-refractivity contribution < 1.29 is 9.66 Å². The van der Waals surface area contributed by atoms with Crippen LogP contribution in [0.15, 0.2) is 22.7 Å². The van der Waals surface area contributed by atoms with Crippen LogP contribution in [0.3, 0.4) is 0 Å². The van der Waals surface area contributed by atoms with Crippen LogP contribution >= 0.6 is 15.9 Å².